The van der Waals surface area contributed by atoms with Crippen LogP contribution >= 0.6 is 0 Å². The molecule has 2 heterocycles. The van der Waals surface area contributed by atoms with Crippen LogP contribution in [0, 0.1) is 0 Å². The second-order valence-corrected chi connectivity index (χ2v) is 9.67. The third kappa shape index (κ3) is 4.63. The lowest BCUT2D eigenvalue weighted by Crippen LogP contribution is -2.50. The van der Waals surface area contributed by atoms with Crippen LogP contribution < -0.4 is 15.7 Å². The summed E-state index contributed by atoms with van der Waals surface area (Å²) in [6, 6.07) is 15.6. The SMILES string of the molecule is CNC(=O)c1ccc(B2OC(C)(C)C(C)(C)O2)cc1N1CCN(Cc2ccccc2)C(=O)C1. The van der Waals surface area contributed by atoms with Gasteiger partial charge in [-0.2, -0.15) is 0 Å². The molecule has 2 aliphatic heterocycles. The Bertz CT molecular complexity index is 1030. The number of piperazine rings is 1. The summed E-state index contributed by atoms with van der Waals surface area (Å²) in [4.78, 5) is 29.4. The summed E-state index contributed by atoms with van der Waals surface area (Å²) in [5, 5.41) is 2.71. The quantitative estimate of drug-likeness (QED) is 0.709. The second kappa shape index (κ2) is 8.84. The maximum absolute atomic E-state index is 13.0. The van der Waals surface area contributed by atoms with E-state index in [9.17, 15) is 9.59 Å². The van der Waals surface area contributed by atoms with Crippen molar-refractivity contribution in [1.29, 1.82) is 0 Å². The Balaban J connectivity index is 1.58. The predicted octanol–water partition coefficient (Wildman–Crippen LogP) is 2.19. The number of amides is 2. The summed E-state index contributed by atoms with van der Waals surface area (Å²) in [5.41, 5.74) is 2.26. The molecule has 0 aromatic heterocycles. The van der Waals surface area contributed by atoms with Crippen molar-refractivity contribution in [3.05, 3.63) is 59.7 Å². The highest BCUT2D eigenvalue weighted by atomic mass is 16.7. The fourth-order valence-electron chi connectivity index (χ4n) is 4.15. The minimum atomic E-state index is -0.539. The predicted molar refractivity (Wildman–Crippen MR) is 130 cm³/mol. The van der Waals surface area contributed by atoms with Crippen LogP contribution in [-0.4, -0.2) is 61.7 Å². The van der Waals surface area contributed by atoms with E-state index in [1.807, 2.05) is 80.0 Å². The minimum Gasteiger partial charge on any atom is -0.399 e. The van der Waals surface area contributed by atoms with E-state index in [1.165, 1.54) is 0 Å². The number of nitrogens with zero attached hydrogens (tertiary/aromatic N) is 2. The van der Waals surface area contributed by atoms with Crippen molar-refractivity contribution in [2.75, 3.05) is 31.6 Å². The molecule has 2 aliphatic rings. The number of hydrogen-bond acceptors (Lipinski definition) is 5. The van der Waals surface area contributed by atoms with Gasteiger partial charge < -0.3 is 24.4 Å². The normalized spacial score (nSPS) is 19.7. The molecule has 2 aromatic carbocycles. The van der Waals surface area contributed by atoms with Gasteiger partial charge in [0.2, 0.25) is 5.91 Å². The third-order valence-corrected chi connectivity index (χ3v) is 6.89. The van der Waals surface area contributed by atoms with Gasteiger partial charge in [0.15, 0.2) is 0 Å². The zero-order chi connectivity index (χ0) is 23.8. The molecular weight excluding hydrogens is 417 g/mol. The van der Waals surface area contributed by atoms with Gasteiger partial charge in [-0.15, -0.1) is 0 Å². The van der Waals surface area contributed by atoms with Crippen LogP contribution in [0.5, 0.6) is 0 Å². The van der Waals surface area contributed by atoms with Crippen LogP contribution in [0.2, 0.25) is 0 Å². The molecular formula is C25H32BN3O4. The number of carbonyl (C=O) groups is 2. The van der Waals surface area contributed by atoms with E-state index in [-0.39, 0.29) is 18.4 Å². The molecule has 0 spiro atoms. The molecule has 0 aliphatic carbocycles. The lowest BCUT2D eigenvalue weighted by Gasteiger charge is -2.36. The number of nitrogens with one attached hydrogen (secondary N) is 1. The van der Waals surface area contributed by atoms with Gasteiger partial charge in [-0.05, 0) is 50.9 Å². The lowest BCUT2D eigenvalue weighted by atomic mass is 9.78. The Morgan fingerprint density at radius 2 is 1.70 bits per heavy atom. The number of carbonyl (C=O) groups excluding carboxylic acids is 2. The number of hydrogen-bond donors (Lipinski definition) is 1. The first kappa shape index (κ1) is 23.3. The van der Waals surface area contributed by atoms with Crippen LogP contribution in [0.25, 0.3) is 0 Å². The summed E-state index contributed by atoms with van der Waals surface area (Å²) in [6.07, 6.45) is 0. The first-order chi connectivity index (χ1) is 15.6. The molecule has 0 radical (unpaired) electrons. The number of anilines is 1. The monoisotopic (exact) mass is 449 g/mol. The summed E-state index contributed by atoms with van der Waals surface area (Å²) in [7, 11) is 1.07. The van der Waals surface area contributed by atoms with E-state index in [0.29, 0.717) is 30.9 Å². The van der Waals surface area contributed by atoms with Crippen LogP contribution in [0.3, 0.4) is 0 Å². The zero-order valence-electron chi connectivity index (χ0n) is 20.1. The molecule has 174 valence electrons. The molecule has 8 heteroatoms. The molecule has 2 amide bonds. The maximum atomic E-state index is 13.0. The molecule has 0 atom stereocenters. The molecule has 33 heavy (non-hydrogen) atoms. The highest BCUT2D eigenvalue weighted by Crippen LogP contribution is 2.37. The number of benzene rings is 2. The van der Waals surface area contributed by atoms with Crippen molar-refractivity contribution < 1.29 is 18.9 Å². The van der Waals surface area contributed by atoms with Crippen LogP contribution in [0.15, 0.2) is 48.5 Å². The highest BCUT2D eigenvalue weighted by molar-refractivity contribution is 6.62. The molecule has 0 saturated carbocycles. The van der Waals surface area contributed by atoms with E-state index in [1.54, 1.807) is 13.1 Å². The fourth-order valence-corrected chi connectivity index (χ4v) is 4.15. The van der Waals surface area contributed by atoms with Gasteiger partial charge in [0, 0.05) is 32.4 Å². The van der Waals surface area contributed by atoms with E-state index in [4.69, 9.17) is 9.31 Å². The van der Waals surface area contributed by atoms with E-state index < -0.39 is 18.3 Å². The average molecular weight is 449 g/mol. The van der Waals surface area contributed by atoms with Gasteiger partial charge in [-0.25, -0.2) is 0 Å². The minimum absolute atomic E-state index is 0.0361. The first-order valence-electron chi connectivity index (χ1n) is 11.4. The largest absolute Gasteiger partial charge is 0.494 e. The van der Waals surface area contributed by atoms with Crippen LogP contribution in [0.4, 0.5) is 5.69 Å². The molecule has 4 rings (SSSR count). The topological polar surface area (TPSA) is 71.1 Å². The van der Waals surface area contributed by atoms with Crippen molar-refractivity contribution in [2.24, 2.45) is 0 Å². The van der Waals surface area contributed by atoms with Gasteiger partial charge in [-0.3, -0.25) is 9.59 Å². The molecule has 0 unspecified atom stereocenters. The molecule has 2 saturated heterocycles. The van der Waals surface area contributed by atoms with Crippen molar-refractivity contribution >= 4 is 30.1 Å². The Hall–Kier alpha value is -2.84. The smallest absolute Gasteiger partial charge is 0.399 e. The second-order valence-electron chi connectivity index (χ2n) is 9.67. The van der Waals surface area contributed by atoms with Gasteiger partial charge >= 0.3 is 7.12 Å². The Labute approximate surface area is 196 Å². The van der Waals surface area contributed by atoms with Gasteiger partial charge in [0.05, 0.1) is 23.3 Å². The highest BCUT2D eigenvalue weighted by Gasteiger charge is 2.51. The first-order valence-corrected chi connectivity index (χ1v) is 11.4. The van der Waals surface area contributed by atoms with E-state index in [2.05, 4.69) is 5.32 Å². The molecule has 2 aromatic rings. The van der Waals surface area contributed by atoms with Gasteiger partial charge in [0.1, 0.15) is 0 Å². The van der Waals surface area contributed by atoms with E-state index in [0.717, 1.165) is 11.0 Å². The molecule has 0 bridgehead atoms. The summed E-state index contributed by atoms with van der Waals surface area (Å²) in [5.74, 6) is -0.154. The summed E-state index contributed by atoms with van der Waals surface area (Å²) in [6.45, 7) is 10.1. The van der Waals surface area contributed by atoms with E-state index >= 15 is 0 Å². The standard InChI is InChI=1S/C25H32BN3O4/c1-24(2)25(3,4)33-26(32-24)19-11-12-20(23(31)27-5)21(15-19)28-13-14-29(22(30)17-28)16-18-9-7-6-8-10-18/h6-12,15H,13-14,16-17H2,1-5H3,(H,27,31). The fraction of sp³-hybridized carbons (Fsp3) is 0.440. The van der Waals surface area contributed by atoms with Gasteiger partial charge in [0.25, 0.3) is 5.91 Å². The Morgan fingerprint density at radius 1 is 1.03 bits per heavy atom. The average Bonchev–Trinajstić information content (AvgIpc) is 3.01. The third-order valence-electron chi connectivity index (χ3n) is 6.89. The maximum Gasteiger partial charge on any atom is 0.494 e. The van der Waals surface area contributed by atoms with Crippen LogP contribution in [-0.2, 0) is 20.6 Å². The Kier molecular flexibility index (Phi) is 6.25. The summed E-state index contributed by atoms with van der Waals surface area (Å²) < 4.78 is 12.4. The molecule has 7 nitrogen and oxygen atoms in total. The molecule has 2 fully saturated rings. The zero-order valence-corrected chi connectivity index (χ0v) is 20.1. The Morgan fingerprint density at radius 3 is 2.30 bits per heavy atom. The summed E-state index contributed by atoms with van der Waals surface area (Å²) >= 11 is 0. The van der Waals surface area contributed by atoms with Gasteiger partial charge in [-0.1, -0.05) is 36.4 Å². The molecule has 1 N–H and O–H groups in total. The van der Waals surface area contributed by atoms with Crippen molar-refractivity contribution in [1.82, 2.24) is 10.2 Å². The van der Waals surface area contributed by atoms with Crippen molar-refractivity contribution in [3.8, 4) is 0 Å². The van der Waals surface area contributed by atoms with Crippen LogP contribution in [0.1, 0.15) is 43.6 Å². The number of rotatable bonds is 5. The van der Waals surface area contributed by atoms with Crippen molar-refractivity contribution in [3.63, 3.8) is 0 Å². The lowest BCUT2D eigenvalue weighted by molar-refractivity contribution is -0.131. The van der Waals surface area contributed by atoms with Crippen molar-refractivity contribution in [2.45, 2.75) is 45.4 Å².